The quantitative estimate of drug-likeness (QED) is 0.813. The Morgan fingerprint density at radius 1 is 1.42 bits per heavy atom. The predicted molar refractivity (Wildman–Crippen MR) is 100 cm³/mol. The van der Waals surface area contributed by atoms with Crippen molar-refractivity contribution in [3.63, 3.8) is 0 Å². The maximum absolute atomic E-state index is 12.1. The Balaban J connectivity index is 1.47. The molecule has 1 atom stereocenters. The Morgan fingerprint density at radius 2 is 2.29 bits per heavy atom. The van der Waals surface area contributed by atoms with Gasteiger partial charge in [0.2, 0.25) is 5.91 Å². The zero-order valence-corrected chi connectivity index (χ0v) is 15.5. The molecule has 1 aromatic carbocycles. The molecule has 7 heteroatoms. The molecular formula is C17H19Cl2N3OS. The van der Waals surface area contributed by atoms with Crippen LogP contribution in [0.1, 0.15) is 24.8 Å². The number of hydrogen-bond acceptors (Lipinski definition) is 4. The molecule has 1 aromatic heterocycles. The third kappa shape index (κ3) is 4.41. The van der Waals surface area contributed by atoms with Crippen LogP contribution < -0.4 is 10.2 Å². The third-order valence-corrected chi connectivity index (χ3v) is 5.61. The summed E-state index contributed by atoms with van der Waals surface area (Å²) in [7, 11) is 0. The predicted octanol–water partition coefficient (Wildman–Crippen LogP) is 4.17. The van der Waals surface area contributed by atoms with Crippen molar-refractivity contribution < 1.29 is 4.79 Å². The summed E-state index contributed by atoms with van der Waals surface area (Å²) in [5, 5.41) is 7.29. The molecule has 4 nitrogen and oxygen atoms in total. The average molecular weight is 384 g/mol. The van der Waals surface area contributed by atoms with Gasteiger partial charge in [-0.25, -0.2) is 4.98 Å². The van der Waals surface area contributed by atoms with Crippen LogP contribution in [0.15, 0.2) is 29.8 Å². The number of nitrogens with zero attached hydrogens (tertiary/aromatic N) is 2. The van der Waals surface area contributed by atoms with Gasteiger partial charge >= 0.3 is 0 Å². The number of rotatable bonds is 6. The topological polar surface area (TPSA) is 45.2 Å². The molecular weight excluding hydrogens is 365 g/mol. The highest BCUT2D eigenvalue weighted by Gasteiger charge is 2.26. The zero-order chi connectivity index (χ0) is 16.9. The summed E-state index contributed by atoms with van der Waals surface area (Å²) in [6.07, 6.45) is 5.08. The van der Waals surface area contributed by atoms with E-state index in [-0.39, 0.29) is 5.91 Å². The lowest BCUT2D eigenvalue weighted by molar-refractivity contribution is -0.121. The molecule has 0 radical (unpaired) electrons. The normalized spacial score (nSPS) is 17.2. The number of benzene rings is 1. The first-order chi connectivity index (χ1) is 11.6. The molecule has 0 aliphatic carbocycles. The Hall–Kier alpha value is -1.30. The molecule has 24 heavy (non-hydrogen) atoms. The number of carbonyl (C=O) groups excluding carboxylic acids is 1. The van der Waals surface area contributed by atoms with E-state index in [0.717, 1.165) is 30.1 Å². The molecule has 128 valence electrons. The Labute approximate surface area is 155 Å². The first-order valence-electron chi connectivity index (χ1n) is 8.00. The Morgan fingerprint density at radius 3 is 3.04 bits per heavy atom. The molecule has 1 fully saturated rings. The van der Waals surface area contributed by atoms with E-state index in [1.807, 2.05) is 17.6 Å². The van der Waals surface area contributed by atoms with Crippen molar-refractivity contribution in [2.24, 2.45) is 0 Å². The third-order valence-electron chi connectivity index (χ3n) is 4.21. The molecule has 1 unspecified atom stereocenters. The van der Waals surface area contributed by atoms with Gasteiger partial charge in [0.05, 0.1) is 0 Å². The van der Waals surface area contributed by atoms with Gasteiger partial charge in [0.25, 0.3) is 0 Å². The van der Waals surface area contributed by atoms with E-state index in [1.165, 1.54) is 0 Å². The SMILES string of the molecule is O=C(CCc1ccc(Cl)cc1Cl)NCC1CCCN1c1nccs1. The van der Waals surface area contributed by atoms with Crippen molar-refractivity contribution in [1.82, 2.24) is 10.3 Å². The van der Waals surface area contributed by atoms with Crippen LogP contribution >= 0.6 is 34.5 Å². The smallest absolute Gasteiger partial charge is 0.220 e. The van der Waals surface area contributed by atoms with Crippen LogP contribution in [0.25, 0.3) is 0 Å². The number of halogens is 2. The van der Waals surface area contributed by atoms with Gasteiger partial charge in [0.1, 0.15) is 0 Å². The van der Waals surface area contributed by atoms with Crippen LogP contribution in [0.2, 0.25) is 10.0 Å². The van der Waals surface area contributed by atoms with Crippen LogP contribution in [0.4, 0.5) is 5.13 Å². The van der Waals surface area contributed by atoms with Gasteiger partial charge < -0.3 is 10.2 Å². The minimum Gasteiger partial charge on any atom is -0.354 e. The lowest BCUT2D eigenvalue weighted by Crippen LogP contribution is -2.40. The van der Waals surface area contributed by atoms with Crippen LogP contribution in [0, 0.1) is 0 Å². The molecule has 1 aliphatic heterocycles. The number of aryl methyl sites for hydroxylation is 1. The number of nitrogens with one attached hydrogen (secondary N) is 1. The van der Waals surface area contributed by atoms with Crippen molar-refractivity contribution in [3.8, 4) is 0 Å². The molecule has 1 N–H and O–H groups in total. The molecule has 0 spiro atoms. The fraction of sp³-hybridized carbons (Fsp3) is 0.412. The Kier molecular flexibility index (Phi) is 5.98. The highest BCUT2D eigenvalue weighted by atomic mass is 35.5. The van der Waals surface area contributed by atoms with Crippen molar-refractivity contribution >= 4 is 45.6 Å². The van der Waals surface area contributed by atoms with Gasteiger partial charge in [0, 0.05) is 47.2 Å². The van der Waals surface area contributed by atoms with Crippen molar-refractivity contribution in [2.45, 2.75) is 31.7 Å². The lowest BCUT2D eigenvalue weighted by atomic mass is 10.1. The zero-order valence-electron chi connectivity index (χ0n) is 13.2. The van der Waals surface area contributed by atoms with Crippen LogP contribution in [-0.2, 0) is 11.2 Å². The van der Waals surface area contributed by atoms with Crippen LogP contribution in [-0.4, -0.2) is 30.0 Å². The fourth-order valence-electron chi connectivity index (χ4n) is 2.95. The fourth-order valence-corrected chi connectivity index (χ4v) is 4.19. The first-order valence-corrected chi connectivity index (χ1v) is 9.64. The minimum absolute atomic E-state index is 0.0482. The molecule has 1 amide bonds. The van der Waals surface area contributed by atoms with Gasteiger partial charge in [-0.15, -0.1) is 11.3 Å². The Bertz CT molecular complexity index is 693. The van der Waals surface area contributed by atoms with E-state index in [1.54, 1.807) is 23.5 Å². The summed E-state index contributed by atoms with van der Waals surface area (Å²) in [6.45, 7) is 1.67. The molecule has 1 saturated heterocycles. The molecule has 0 bridgehead atoms. The number of amides is 1. The molecule has 0 saturated carbocycles. The van der Waals surface area contributed by atoms with Crippen molar-refractivity contribution in [3.05, 3.63) is 45.4 Å². The summed E-state index contributed by atoms with van der Waals surface area (Å²) < 4.78 is 0. The number of carbonyl (C=O) groups is 1. The van der Waals surface area contributed by atoms with E-state index in [2.05, 4.69) is 15.2 Å². The van der Waals surface area contributed by atoms with E-state index < -0.39 is 0 Å². The summed E-state index contributed by atoms with van der Waals surface area (Å²) in [5.74, 6) is 0.0482. The number of thiazole rings is 1. The summed E-state index contributed by atoms with van der Waals surface area (Å²) in [4.78, 5) is 18.8. The van der Waals surface area contributed by atoms with Gasteiger partial charge in [0.15, 0.2) is 5.13 Å². The maximum atomic E-state index is 12.1. The highest BCUT2D eigenvalue weighted by molar-refractivity contribution is 7.13. The second-order valence-corrected chi connectivity index (χ2v) is 7.56. The molecule has 2 aromatic rings. The van der Waals surface area contributed by atoms with Crippen LogP contribution in [0.3, 0.4) is 0 Å². The number of aromatic nitrogens is 1. The second-order valence-electron chi connectivity index (χ2n) is 5.84. The lowest BCUT2D eigenvalue weighted by Gasteiger charge is -2.24. The van der Waals surface area contributed by atoms with Gasteiger partial charge in [-0.2, -0.15) is 0 Å². The number of hydrogen-bond donors (Lipinski definition) is 1. The number of anilines is 1. The second kappa shape index (κ2) is 8.19. The summed E-state index contributed by atoms with van der Waals surface area (Å²) >= 11 is 13.7. The van der Waals surface area contributed by atoms with E-state index in [4.69, 9.17) is 23.2 Å². The van der Waals surface area contributed by atoms with Gasteiger partial charge in [-0.1, -0.05) is 29.3 Å². The average Bonchev–Trinajstić information content (AvgIpc) is 3.23. The highest BCUT2D eigenvalue weighted by Crippen LogP contribution is 2.27. The molecule has 2 heterocycles. The van der Waals surface area contributed by atoms with Gasteiger partial charge in [-0.3, -0.25) is 4.79 Å². The first kappa shape index (κ1) is 17.5. The van der Waals surface area contributed by atoms with Crippen molar-refractivity contribution in [1.29, 1.82) is 0 Å². The van der Waals surface area contributed by atoms with E-state index in [0.29, 0.717) is 35.5 Å². The van der Waals surface area contributed by atoms with Gasteiger partial charge in [-0.05, 0) is 37.0 Å². The van der Waals surface area contributed by atoms with Crippen molar-refractivity contribution in [2.75, 3.05) is 18.0 Å². The summed E-state index contributed by atoms with van der Waals surface area (Å²) in [5.41, 5.74) is 0.946. The molecule has 1 aliphatic rings. The standard InChI is InChI=1S/C17H19Cl2N3OS/c18-13-5-3-12(15(19)10-13)4-6-16(23)21-11-14-2-1-8-22(14)17-20-7-9-24-17/h3,5,7,9-10,14H,1-2,4,6,8,11H2,(H,21,23). The van der Waals surface area contributed by atoms with E-state index >= 15 is 0 Å². The monoisotopic (exact) mass is 383 g/mol. The maximum Gasteiger partial charge on any atom is 0.220 e. The van der Waals surface area contributed by atoms with E-state index in [9.17, 15) is 4.79 Å². The molecule has 3 rings (SSSR count). The minimum atomic E-state index is 0.0482. The largest absolute Gasteiger partial charge is 0.354 e. The summed E-state index contributed by atoms with van der Waals surface area (Å²) in [6, 6.07) is 5.71. The van der Waals surface area contributed by atoms with Crippen LogP contribution in [0.5, 0.6) is 0 Å².